The Hall–Kier alpha value is -3.66. The highest BCUT2D eigenvalue weighted by molar-refractivity contribution is 5.92. The molecule has 0 aliphatic rings. The number of carbonyl (C=O) groups is 1. The minimum Gasteiger partial charge on any atom is -0.483 e. The first-order valence-electron chi connectivity index (χ1n) is 8.13. The number of ether oxygens (including phenoxy) is 1. The highest BCUT2D eigenvalue weighted by atomic mass is 16.5. The van der Waals surface area contributed by atoms with E-state index in [0.29, 0.717) is 11.6 Å². The van der Waals surface area contributed by atoms with E-state index < -0.39 is 0 Å². The highest BCUT2D eigenvalue weighted by Gasteiger charge is 2.16. The summed E-state index contributed by atoms with van der Waals surface area (Å²) in [6.45, 7) is 1.85. The molecular weight excluding hydrogens is 330 g/mol. The van der Waals surface area contributed by atoms with Crippen molar-refractivity contribution < 1.29 is 9.53 Å². The number of rotatable bonds is 6. The number of hydrogen-bond donors (Lipinski definition) is 1. The average Bonchev–Trinajstić information content (AvgIpc) is 3.09. The molecule has 0 bridgehead atoms. The zero-order chi connectivity index (χ0) is 18.4. The van der Waals surface area contributed by atoms with E-state index in [-0.39, 0.29) is 23.9 Å². The Kier molecular flexibility index (Phi) is 5.25. The van der Waals surface area contributed by atoms with Crippen LogP contribution in [-0.2, 0) is 11.2 Å². The van der Waals surface area contributed by atoms with Crippen molar-refractivity contribution in [3.8, 4) is 17.6 Å². The summed E-state index contributed by atoms with van der Waals surface area (Å²) in [6, 6.07) is 14.9. The second-order valence-electron chi connectivity index (χ2n) is 5.42. The average molecular weight is 347 g/mol. The largest absolute Gasteiger partial charge is 0.483 e. The second kappa shape index (κ2) is 7.94. The van der Waals surface area contributed by atoms with Gasteiger partial charge in [-0.3, -0.25) is 4.79 Å². The number of nitrogens with one attached hydrogen (secondary N) is 1. The van der Waals surface area contributed by atoms with Gasteiger partial charge in [-0.1, -0.05) is 31.2 Å². The standard InChI is InChI=1S/C19H17N5O2/c1-2-14-7-3-4-8-16(14)26-13-18(25)23-19-15(11-20)12-22-24(19)17-9-5-6-10-21-17/h3-10,12H,2,13H2,1H3,(H,23,25). The molecule has 3 rings (SSSR count). The van der Waals surface area contributed by atoms with Crippen molar-refractivity contribution >= 4 is 11.7 Å². The van der Waals surface area contributed by atoms with Crippen molar-refractivity contribution in [1.82, 2.24) is 14.8 Å². The molecule has 0 atom stereocenters. The molecule has 1 amide bonds. The summed E-state index contributed by atoms with van der Waals surface area (Å²) >= 11 is 0. The molecule has 0 aliphatic heterocycles. The molecule has 2 heterocycles. The molecule has 130 valence electrons. The summed E-state index contributed by atoms with van der Waals surface area (Å²) in [5.74, 6) is 1.05. The summed E-state index contributed by atoms with van der Waals surface area (Å²) in [6.07, 6.45) is 3.81. The maximum atomic E-state index is 12.3. The monoisotopic (exact) mass is 347 g/mol. The zero-order valence-electron chi connectivity index (χ0n) is 14.2. The Morgan fingerprint density at radius 3 is 2.81 bits per heavy atom. The Labute approximate surface area is 150 Å². The summed E-state index contributed by atoms with van der Waals surface area (Å²) in [4.78, 5) is 16.5. The van der Waals surface area contributed by atoms with Gasteiger partial charge in [-0.05, 0) is 30.2 Å². The molecule has 0 saturated heterocycles. The SMILES string of the molecule is CCc1ccccc1OCC(=O)Nc1c(C#N)cnn1-c1ccccn1. The molecule has 0 saturated carbocycles. The van der Waals surface area contributed by atoms with Crippen LogP contribution in [0.3, 0.4) is 0 Å². The maximum absolute atomic E-state index is 12.3. The normalized spacial score (nSPS) is 10.2. The summed E-state index contributed by atoms with van der Waals surface area (Å²) in [5, 5.41) is 16.1. The molecule has 1 aromatic carbocycles. The van der Waals surface area contributed by atoms with Gasteiger partial charge >= 0.3 is 0 Å². The third kappa shape index (κ3) is 3.70. The van der Waals surface area contributed by atoms with E-state index in [4.69, 9.17) is 4.74 Å². The smallest absolute Gasteiger partial charge is 0.263 e. The Morgan fingerprint density at radius 1 is 1.27 bits per heavy atom. The van der Waals surface area contributed by atoms with Gasteiger partial charge < -0.3 is 10.1 Å². The molecule has 26 heavy (non-hydrogen) atoms. The van der Waals surface area contributed by atoms with Crippen LogP contribution in [0.15, 0.2) is 54.9 Å². The number of benzene rings is 1. The molecular formula is C19H17N5O2. The molecule has 0 spiro atoms. The number of pyridine rings is 1. The second-order valence-corrected chi connectivity index (χ2v) is 5.42. The fraction of sp³-hybridized carbons (Fsp3) is 0.158. The number of aryl methyl sites for hydroxylation is 1. The Bertz CT molecular complexity index is 944. The number of amides is 1. The Morgan fingerprint density at radius 2 is 2.08 bits per heavy atom. The molecule has 7 nitrogen and oxygen atoms in total. The van der Waals surface area contributed by atoms with Crippen LogP contribution < -0.4 is 10.1 Å². The molecule has 1 N–H and O–H groups in total. The minimum absolute atomic E-state index is 0.171. The lowest BCUT2D eigenvalue weighted by Crippen LogP contribution is -2.22. The lowest BCUT2D eigenvalue weighted by Gasteiger charge is -2.11. The Balaban J connectivity index is 1.75. The quantitative estimate of drug-likeness (QED) is 0.740. The molecule has 0 radical (unpaired) electrons. The third-order valence-electron chi connectivity index (χ3n) is 3.73. The fourth-order valence-corrected chi connectivity index (χ4v) is 2.45. The van der Waals surface area contributed by atoms with E-state index in [1.54, 1.807) is 24.4 Å². The van der Waals surface area contributed by atoms with Crippen molar-refractivity contribution in [2.24, 2.45) is 0 Å². The summed E-state index contributed by atoms with van der Waals surface area (Å²) in [7, 11) is 0. The number of para-hydroxylation sites is 1. The van der Waals surface area contributed by atoms with Gasteiger partial charge in [-0.25, -0.2) is 4.98 Å². The van der Waals surface area contributed by atoms with E-state index >= 15 is 0 Å². The number of nitriles is 1. The molecule has 0 fully saturated rings. The van der Waals surface area contributed by atoms with Gasteiger partial charge in [0.2, 0.25) is 0 Å². The van der Waals surface area contributed by atoms with E-state index in [1.807, 2.05) is 37.3 Å². The first kappa shape index (κ1) is 17.2. The van der Waals surface area contributed by atoms with Gasteiger partial charge in [-0.15, -0.1) is 0 Å². The molecule has 0 aliphatic carbocycles. The van der Waals surface area contributed by atoms with Crippen LogP contribution in [0.4, 0.5) is 5.82 Å². The zero-order valence-corrected chi connectivity index (χ0v) is 14.2. The van der Waals surface area contributed by atoms with Crippen molar-refractivity contribution in [3.05, 3.63) is 66.0 Å². The summed E-state index contributed by atoms with van der Waals surface area (Å²) < 4.78 is 7.03. The van der Waals surface area contributed by atoms with Gasteiger partial charge in [0.15, 0.2) is 18.2 Å². The third-order valence-corrected chi connectivity index (χ3v) is 3.73. The van der Waals surface area contributed by atoms with E-state index in [9.17, 15) is 10.1 Å². The van der Waals surface area contributed by atoms with Crippen LogP contribution in [0.1, 0.15) is 18.1 Å². The molecule has 2 aromatic heterocycles. The van der Waals surface area contributed by atoms with Gasteiger partial charge in [0.25, 0.3) is 5.91 Å². The number of anilines is 1. The van der Waals surface area contributed by atoms with Crippen LogP contribution in [0.2, 0.25) is 0 Å². The van der Waals surface area contributed by atoms with Crippen LogP contribution >= 0.6 is 0 Å². The van der Waals surface area contributed by atoms with Gasteiger partial charge in [0.05, 0.1) is 6.20 Å². The lowest BCUT2D eigenvalue weighted by atomic mass is 10.1. The van der Waals surface area contributed by atoms with Crippen LogP contribution in [0, 0.1) is 11.3 Å². The van der Waals surface area contributed by atoms with Crippen LogP contribution in [-0.4, -0.2) is 27.3 Å². The molecule has 7 heteroatoms. The van der Waals surface area contributed by atoms with Crippen LogP contribution in [0.5, 0.6) is 5.75 Å². The van der Waals surface area contributed by atoms with Crippen molar-refractivity contribution in [2.75, 3.05) is 11.9 Å². The maximum Gasteiger partial charge on any atom is 0.263 e. The van der Waals surface area contributed by atoms with Crippen LogP contribution in [0.25, 0.3) is 5.82 Å². The lowest BCUT2D eigenvalue weighted by molar-refractivity contribution is -0.118. The number of hydrogen-bond acceptors (Lipinski definition) is 5. The first-order chi connectivity index (χ1) is 12.7. The number of aromatic nitrogens is 3. The molecule has 3 aromatic rings. The highest BCUT2D eigenvalue weighted by Crippen LogP contribution is 2.20. The predicted molar refractivity (Wildman–Crippen MR) is 96.0 cm³/mol. The van der Waals surface area contributed by atoms with Gasteiger partial charge in [0, 0.05) is 6.20 Å². The first-order valence-corrected chi connectivity index (χ1v) is 8.13. The number of carbonyl (C=O) groups excluding carboxylic acids is 1. The van der Waals surface area contributed by atoms with Gasteiger partial charge in [0.1, 0.15) is 17.4 Å². The van der Waals surface area contributed by atoms with E-state index in [2.05, 4.69) is 15.4 Å². The predicted octanol–water partition coefficient (Wildman–Crippen LogP) is 2.72. The van der Waals surface area contributed by atoms with Crippen molar-refractivity contribution in [1.29, 1.82) is 5.26 Å². The van der Waals surface area contributed by atoms with Crippen molar-refractivity contribution in [2.45, 2.75) is 13.3 Å². The van der Waals surface area contributed by atoms with E-state index in [1.165, 1.54) is 10.9 Å². The number of nitrogens with zero attached hydrogens (tertiary/aromatic N) is 4. The summed E-state index contributed by atoms with van der Waals surface area (Å²) in [5.41, 5.74) is 1.27. The fourth-order valence-electron chi connectivity index (χ4n) is 2.45. The van der Waals surface area contributed by atoms with Crippen molar-refractivity contribution in [3.63, 3.8) is 0 Å². The topological polar surface area (TPSA) is 92.8 Å². The molecule has 0 unspecified atom stereocenters. The van der Waals surface area contributed by atoms with E-state index in [0.717, 1.165) is 12.0 Å². The van der Waals surface area contributed by atoms with Gasteiger partial charge in [-0.2, -0.15) is 15.0 Å². The minimum atomic E-state index is -0.384.